The van der Waals surface area contributed by atoms with E-state index in [2.05, 4.69) is 5.32 Å². The number of nitro benzene ring substituents is 1. The molecule has 8 heteroatoms. The van der Waals surface area contributed by atoms with E-state index < -0.39 is 22.8 Å². The smallest absolute Gasteiger partial charge is 0.313 e. The fourth-order valence-electron chi connectivity index (χ4n) is 2.58. The molecule has 1 aromatic carbocycles. The lowest BCUT2D eigenvalue weighted by molar-refractivity contribution is -0.385. The van der Waals surface area contributed by atoms with E-state index in [4.69, 9.17) is 0 Å². The highest BCUT2D eigenvalue weighted by Gasteiger charge is 2.27. The standard InChI is InChI=1S/C15H19N3O5/c1-2-10-5-6-11(8-13(10)18(22)23)16-14(20)15(21)17-7-3-4-12(19)9-17/h5-6,8,12,19H,2-4,7,9H2,1H3,(H,16,20). The number of nitro groups is 1. The lowest BCUT2D eigenvalue weighted by atomic mass is 10.1. The fraction of sp³-hybridized carbons (Fsp3) is 0.467. The molecule has 0 aromatic heterocycles. The molecule has 0 saturated carbocycles. The Balaban J connectivity index is 2.09. The second-order valence-electron chi connectivity index (χ2n) is 5.46. The first-order chi connectivity index (χ1) is 10.9. The zero-order valence-corrected chi connectivity index (χ0v) is 12.8. The van der Waals surface area contributed by atoms with Crippen molar-refractivity contribution in [1.82, 2.24) is 4.90 Å². The first-order valence-electron chi connectivity index (χ1n) is 7.48. The number of carbonyl (C=O) groups is 2. The van der Waals surface area contributed by atoms with E-state index in [-0.39, 0.29) is 17.9 Å². The predicted molar refractivity (Wildman–Crippen MR) is 82.9 cm³/mol. The zero-order chi connectivity index (χ0) is 17.0. The van der Waals surface area contributed by atoms with E-state index in [1.807, 2.05) is 0 Å². The molecule has 1 aliphatic rings. The minimum atomic E-state index is -0.863. The van der Waals surface area contributed by atoms with Crippen molar-refractivity contribution >= 4 is 23.2 Å². The maximum absolute atomic E-state index is 12.1. The highest BCUT2D eigenvalue weighted by atomic mass is 16.6. The summed E-state index contributed by atoms with van der Waals surface area (Å²) in [6.45, 7) is 2.34. The van der Waals surface area contributed by atoms with Crippen LogP contribution in [0.1, 0.15) is 25.3 Å². The Morgan fingerprint density at radius 3 is 2.83 bits per heavy atom. The monoisotopic (exact) mass is 321 g/mol. The van der Waals surface area contributed by atoms with Gasteiger partial charge in [-0.05, 0) is 25.3 Å². The molecule has 1 heterocycles. The van der Waals surface area contributed by atoms with Gasteiger partial charge in [-0.25, -0.2) is 0 Å². The molecule has 8 nitrogen and oxygen atoms in total. The number of aliphatic hydroxyl groups excluding tert-OH is 1. The molecule has 1 saturated heterocycles. The normalized spacial score (nSPS) is 17.7. The van der Waals surface area contributed by atoms with E-state index in [0.29, 0.717) is 31.4 Å². The summed E-state index contributed by atoms with van der Waals surface area (Å²) >= 11 is 0. The first kappa shape index (κ1) is 16.9. The van der Waals surface area contributed by atoms with Crippen LogP contribution in [0.4, 0.5) is 11.4 Å². The second-order valence-corrected chi connectivity index (χ2v) is 5.46. The summed E-state index contributed by atoms with van der Waals surface area (Å²) in [5.41, 5.74) is 0.662. The van der Waals surface area contributed by atoms with Gasteiger partial charge in [0.25, 0.3) is 5.69 Å². The van der Waals surface area contributed by atoms with Crippen LogP contribution in [0.2, 0.25) is 0 Å². The van der Waals surface area contributed by atoms with Gasteiger partial charge in [0, 0.05) is 30.4 Å². The summed E-state index contributed by atoms with van der Waals surface area (Å²) in [6.07, 6.45) is 1.12. The summed E-state index contributed by atoms with van der Waals surface area (Å²) in [6, 6.07) is 4.33. The van der Waals surface area contributed by atoms with Crippen LogP contribution < -0.4 is 5.32 Å². The van der Waals surface area contributed by atoms with Crippen molar-refractivity contribution < 1.29 is 19.6 Å². The number of amides is 2. The maximum Gasteiger partial charge on any atom is 0.313 e. The second kappa shape index (κ2) is 7.19. The summed E-state index contributed by atoms with van der Waals surface area (Å²) in [7, 11) is 0. The van der Waals surface area contributed by atoms with Crippen LogP contribution in [-0.2, 0) is 16.0 Å². The van der Waals surface area contributed by atoms with Crippen molar-refractivity contribution in [2.45, 2.75) is 32.3 Å². The van der Waals surface area contributed by atoms with Gasteiger partial charge in [0.1, 0.15) is 0 Å². The molecular weight excluding hydrogens is 302 g/mol. The molecule has 0 aliphatic carbocycles. The van der Waals surface area contributed by atoms with Gasteiger partial charge in [-0.3, -0.25) is 19.7 Å². The Kier molecular flexibility index (Phi) is 5.28. The number of nitrogens with one attached hydrogen (secondary N) is 1. The highest BCUT2D eigenvalue weighted by molar-refractivity contribution is 6.39. The van der Waals surface area contributed by atoms with Crippen LogP contribution >= 0.6 is 0 Å². The third-order valence-electron chi connectivity index (χ3n) is 3.80. The van der Waals surface area contributed by atoms with Gasteiger partial charge in [-0.15, -0.1) is 0 Å². The first-order valence-corrected chi connectivity index (χ1v) is 7.48. The van der Waals surface area contributed by atoms with Crippen molar-refractivity contribution in [3.63, 3.8) is 0 Å². The average Bonchev–Trinajstić information content (AvgIpc) is 2.53. The number of piperidine rings is 1. The molecule has 0 radical (unpaired) electrons. The quantitative estimate of drug-likeness (QED) is 0.491. The fourth-order valence-corrected chi connectivity index (χ4v) is 2.58. The van der Waals surface area contributed by atoms with E-state index in [9.17, 15) is 24.8 Å². The third kappa shape index (κ3) is 4.04. The van der Waals surface area contributed by atoms with Crippen LogP contribution in [0.25, 0.3) is 0 Å². The molecule has 124 valence electrons. The molecule has 2 rings (SSSR count). The van der Waals surface area contributed by atoms with Gasteiger partial charge in [0.05, 0.1) is 11.0 Å². The summed E-state index contributed by atoms with van der Waals surface area (Å²) in [4.78, 5) is 35.9. The molecule has 2 amide bonds. The number of hydrogen-bond acceptors (Lipinski definition) is 5. The number of carbonyl (C=O) groups excluding carboxylic acids is 2. The van der Waals surface area contributed by atoms with Gasteiger partial charge in [-0.2, -0.15) is 0 Å². The van der Waals surface area contributed by atoms with Crippen molar-refractivity contribution in [3.8, 4) is 0 Å². The molecular formula is C15H19N3O5. The van der Waals surface area contributed by atoms with E-state index >= 15 is 0 Å². The van der Waals surface area contributed by atoms with Crippen molar-refractivity contribution in [1.29, 1.82) is 0 Å². The Bertz CT molecular complexity index is 632. The number of hydrogen-bond donors (Lipinski definition) is 2. The molecule has 1 unspecified atom stereocenters. The largest absolute Gasteiger partial charge is 0.391 e. The van der Waals surface area contributed by atoms with Gasteiger partial charge < -0.3 is 15.3 Å². The van der Waals surface area contributed by atoms with Crippen molar-refractivity contribution in [3.05, 3.63) is 33.9 Å². The lowest BCUT2D eigenvalue weighted by Gasteiger charge is -2.29. The summed E-state index contributed by atoms with van der Waals surface area (Å²) in [5.74, 6) is -1.61. The molecule has 1 fully saturated rings. The molecule has 0 spiro atoms. The van der Waals surface area contributed by atoms with Crippen LogP contribution in [0.5, 0.6) is 0 Å². The van der Waals surface area contributed by atoms with Crippen molar-refractivity contribution in [2.75, 3.05) is 18.4 Å². The number of likely N-dealkylation sites (tertiary alicyclic amines) is 1. The third-order valence-corrected chi connectivity index (χ3v) is 3.80. The Labute approximate surface area is 133 Å². The van der Waals surface area contributed by atoms with E-state index in [0.717, 1.165) is 0 Å². The van der Waals surface area contributed by atoms with Crippen molar-refractivity contribution in [2.24, 2.45) is 0 Å². The van der Waals surface area contributed by atoms with Gasteiger partial charge in [-0.1, -0.05) is 13.0 Å². The Hall–Kier alpha value is -2.48. The van der Waals surface area contributed by atoms with Crippen LogP contribution in [-0.4, -0.2) is 45.9 Å². The molecule has 23 heavy (non-hydrogen) atoms. The van der Waals surface area contributed by atoms with Gasteiger partial charge in [0.15, 0.2) is 0 Å². The van der Waals surface area contributed by atoms with Gasteiger partial charge in [0.2, 0.25) is 0 Å². The van der Waals surface area contributed by atoms with Gasteiger partial charge >= 0.3 is 11.8 Å². The minimum Gasteiger partial charge on any atom is -0.391 e. The van der Waals surface area contributed by atoms with Crippen LogP contribution in [0, 0.1) is 10.1 Å². The molecule has 1 atom stereocenters. The average molecular weight is 321 g/mol. The zero-order valence-electron chi connectivity index (χ0n) is 12.8. The lowest BCUT2D eigenvalue weighted by Crippen LogP contribution is -2.46. The number of β-amino-alcohol motifs (C(OH)–C–C–N with tert-alkyl or cyclic N) is 1. The minimum absolute atomic E-state index is 0.0915. The number of aliphatic hydroxyl groups is 1. The number of rotatable bonds is 3. The Morgan fingerprint density at radius 2 is 2.22 bits per heavy atom. The van der Waals surface area contributed by atoms with Crippen LogP contribution in [0.3, 0.4) is 0 Å². The van der Waals surface area contributed by atoms with E-state index in [1.165, 1.54) is 17.0 Å². The summed E-state index contributed by atoms with van der Waals surface area (Å²) in [5, 5.41) is 23.0. The SMILES string of the molecule is CCc1ccc(NC(=O)C(=O)N2CCCC(O)C2)cc1[N+](=O)[O-]. The number of aryl methyl sites for hydroxylation is 1. The number of anilines is 1. The predicted octanol–water partition coefficient (Wildman–Crippen LogP) is 1.08. The summed E-state index contributed by atoms with van der Waals surface area (Å²) < 4.78 is 0. The van der Waals surface area contributed by atoms with Crippen LogP contribution in [0.15, 0.2) is 18.2 Å². The topological polar surface area (TPSA) is 113 Å². The molecule has 1 aliphatic heterocycles. The maximum atomic E-state index is 12.1. The molecule has 2 N–H and O–H groups in total. The van der Waals surface area contributed by atoms with E-state index in [1.54, 1.807) is 13.0 Å². The Morgan fingerprint density at radius 1 is 1.48 bits per heavy atom. The number of benzene rings is 1. The molecule has 0 bridgehead atoms. The number of nitrogens with zero attached hydrogens (tertiary/aromatic N) is 2. The highest BCUT2D eigenvalue weighted by Crippen LogP contribution is 2.23. The molecule has 1 aromatic rings.